The molecule has 0 aromatic carbocycles. The number of hydrogen-bond acceptors (Lipinski definition) is 5. The van der Waals surface area contributed by atoms with Crippen molar-refractivity contribution in [3.8, 4) is 0 Å². The molecule has 2 rings (SSSR count). The molecule has 2 heterocycles. The fourth-order valence-electron chi connectivity index (χ4n) is 2.70. The van der Waals surface area contributed by atoms with Gasteiger partial charge in [-0.05, 0) is 39.3 Å². The number of furan rings is 1. The lowest BCUT2D eigenvalue weighted by Gasteiger charge is -2.23. The Balaban J connectivity index is 1.72. The molecule has 0 radical (unpaired) electrons. The van der Waals surface area contributed by atoms with Crippen molar-refractivity contribution in [1.82, 2.24) is 20.9 Å². The molecule has 1 aliphatic heterocycles. The standard InChI is InChI=1S/C18H29N5O4/c1-18(2,3)27-17(25)22-13-7-8-23(12-13)16(19-4)21-11-15(24)20-10-14-6-5-9-26-14/h5-6,9,13H,7-8,10-12H2,1-4H3,(H,19,21)(H,20,24)(H,22,25). The van der Waals surface area contributed by atoms with Crippen molar-refractivity contribution in [2.45, 2.75) is 45.4 Å². The molecule has 2 amide bonds. The van der Waals surface area contributed by atoms with Crippen LogP contribution in [0.15, 0.2) is 27.8 Å². The van der Waals surface area contributed by atoms with Crippen LogP contribution in [0.4, 0.5) is 4.79 Å². The van der Waals surface area contributed by atoms with Crippen molar-refractivity contribution in [3.63, 3.8) is 0 Å². The van der Waals surface area contributed by atoms with Crippen LogP contribution in [0.5, 0.6) is 0 Å². The second-order valence-electron chi connectivity index (χ2n) is 7.33. The van der Waals surface area contributed by atoms with Gasteiger partial charge in [0.1, 0.15) is 11.4 Å². The third-order valence-corrected chi connectivity index (χ3v) is 3.87. The Bertz CT molecular complexity index is 651. The van der Waals surface area contributed by atoms with E-state index in [2.05, 4.69) is 20.9 Å². The number of ether oxygens (including phenoxy) is 1. The lowest BCUT2D eigenvalue weighted by Crippen LogP contribution is -2.46. The molecule has 1 saturated heterocycles. The molecule has 1 fully saturated rings. The first-order valence-electron chi connectivity index (χ1n) is 9.01. The maximum Gasteiger partial charge on any atom is 0.407 e. The van der Waals surface area contributed by atoms with Gasteiger partial charge in [0.15, 0.2) is 5.96 Å². The molecule has 1 aliphatic rings. The minimum absolute atomic E-state index is 0.0221. The Morgan fingerprint density at radius 1 is 1.37 bits per heavy atom. The predicted octanol–water partition coefficient (Wildman–Crippen LogP) is 1.07. The van der Waals surface area contributed by atoms with Gasteiger partial charge < -0.3 is 30.0 Å². The van der Waals surface area contributed by atoms with Crippen LogP contribution in [0.25, 0.3) is 0 Å². The zero-order valence-corrected chi connectivity index (χ0v) is 16.4. The normalized spacial score (nSPS) is 17.6. The summed E-state index contributed by atoms with van der Waals surface area (Å²) in [6, 6.07) is 3.55. The zero-order chi connectivity index (χ0) is 19.9. The molecular weight excluding hydrogens is 350 g/mol. The quantitative estimate of drug-likeness (QED) is 0.522. The first-order chi connectivity index (χ1) is 12.8. The molecule has 1 aromatic rings. The fraction of sp³-hybridized carbons (Fsp3) is 0.611. The van der Waals surface area contributed by atoms with Crippen molar-refractivity contribution in [3.05, 3.63) is 24.2 Å². The molecule has 1 aromatic heterocycles. The second-order valence-corrected chi connectivity index (χ2v) is 7.33. The molecular formula is C18H29N5O4. The van der Waals surface area contributed by atoms with Crippen LogP contribution in [-0.2, 0) is 16.1 Å². The summed E-state index contributed by atoms with van der Waals surface area (Å²) < 4.78 is 10.5. The number of likely N-dealkylation sites (tertiary alicyclic amines) is 1. The van der Waals surface area contributed by atoms with E-state index < -0.39 is 11.7 Å². The van der Waals surface area contributed by atoms with Gasteiger partial charge in [-0.25, -0.2) is 4.79 Å². The third kappa shape index (κ3) is 7.20. The van der Waals surface area contributed by atoms with E-state index in [0.29, 0.717) is 24.8 Å². The van der Waals surface area contributed by atoms with Gasteiger partial charge in [-0.15, -0.1) is 0 Å². The highest BCUT2D eigenvalue weighted by molar-refractivity contribution is 5.86. The van der Waals surface area contributed by atoms with Gasteiger partial charge in [-0.1, -0.05) is 0 Å². The van der Waals surface area contributed by atoms with Crippen molar-refractivity contribution in [2.75, 3.05) is 26.7 Å². The van der Waals surface area contributed by atoms with Gasteiger partial charge in [0.05, 0.1) is 25.4 Å². The molecule has 1 atom stereocenters. The van der Waals surface area contributed by atoms with E-state index in [1.807, 2.05) is 25.7 Å². The van der Waals surface area contributed by atoms with E-state index in [4.69, 9.17) is 9.15 Å². The van der Waals surface area contributed by atoms with Gasteiger partial charge in [0.2, 0.25) is 5.91 Å². The summed E-state index contributed by atoms with van der Waals surface area (Å²) in [4.78, 5) is 30.1. The molecule has 27 heavy (non-hydrogen) atoms. The summed E-state index contributed by atoms with van der Waals surface area (Å²) >= 11 is 0. The Labute approximate surface area is 159 Å². The SMILES string of the molecule is CN=C(NCC(=O)NCc1ccco1)N1CCC(NC(=O)OC(C)(C)C)C1. The summed E-state index contributed by atoms with van der Waals surface area (Å²) in [5, 5.41) is 8.68. The monoisotopic (exact) mass is 379 g/mol. The number of amides is 2. The highest BCUT2D eigenvalue weighted by atomic mass is 16.6. The number of carbonyl (C=O) groups excluding carboxylic acids is 2. The summed E-state index contributed by atoms with van der Waals surface area (Å²) in [7, 11) is 1.66. The maximum atomic E-state index is 12.0. The maximum absolute atomic E-state index is 12.0. The molecule has 0 saturated carbocycles. The van der Waals surface area contributed by atoms with Gasteiger partial charge >= 0.3 is 6.09 Å². The molecule has 3 N–H and O–H groups in total. The van der Waals surface area contributed by atoms with E-state index in [0.717, 1.165) is 13.0 Å². The summed E-state index contributed by atoms with van der Waals surface area (Å²) in [6.45, 7) is 7.27. The summed E-state index contributed by atoms with van der Waals surface area (Å²) in [5.41, 5.74) is -0.525. The van der Waals surface area contributed by atoms with E-state index in [1.165, 1.54) is 0 Å². The van der Waals surface area contributed by atoms with Gasteiger partial charge in [0.25, 0.3) is 0 Å². The number of nitrogens with one attached hydrogen (secondary N) is 3. The lowest BCUT2D eigenvalue weighted by molar-refractivity contribution is -0.120. The highest BCUT2D eigenvalue weighted by Gasteiger charge is 2.28. The molecule has 9 heteroatoms. The molecule has 0 aliphatic carbocycles. The van der Waals surface area contributed by atoms with E-state index >= 15 is 0 Å². The number of nitrogens with zero attached hydrogens (tertiary/aromatic N) is 2. The van der Waals surface area contributed by atoms with E-state index in [1.54, 1.807) is 25.4 Å². The summed E-state index contributed by atoms with van der Waals surface area (Å²) in [6.07, 6.45) is 1.93. The molecule has 150 valence electrons. The van der Waals surface area contributed by atoms with E-state index in [-0.39, 0.29) is 18.5 Å². The number of guanidine groups is 1. The molecule has 0 spiro atoms. The molecule has 0 bridgehead atoms. The minimum atomic E-state index is -0.525. The molecule has 1 unspecified atom stereocenters. The Morgan fingerprint density at radius 3 is 2.78 bits per heavy atom. The minimum Gasteiger partial charge on any atom is -0.467 e. The van der Waals surface area contributed by atoms with Crippen molar-refractivity contribution < 1.29 is 18.7 Å². The van der Waals surface area contributed by atoms with E-state index in [9.17, 15) is 9.59 Å². The Morgan fingerprint density at radius 2 is 2.15 bits per heavy atom. The number of hydrogen-bond donors (Lipinski definition) is 3. The zero-order valence-electron chi connectivity index (χ0n) is 16.4. The van der Waals surface area contributed by atoms with Gasteiger partial charge in [0, 0.05) is 20.1 Å². The van der Waals surface area contributed by atoms with Crippen molar-refractivity contribution in [2.24, 2.45) is 4.99 Å². The third-order valence-electron chi connectivity index (χ3n) is 3.87. The Kier molecular flexibility index (Phi) is 7.09. The van der Waals surface area contributed by atoms with Crippen LogP contribution in [0.1, 0.15) is 33.0 Å². The summed E-state index contributed by atoms with van der Waals surface area (Å²) in [5.74, 6) is 1.16. The number of aliphatic imine (C=N–C) groups is 1. The first-order valence-corrected chi connectivity index (χ1v) is 9.01. The largest absolute Gasteiger partial charge is 0.467 e. The Hall–Kier alpha value is -2.71. The van der Waals surface area contributed by atoms with Crippen LogP contribution in [0.2, 0.25) is 0 Å². The van der Waals surface area contributed by atoms with Crippen molar-refractivity contribution in [1.29, 1.82) is 0 Å². The van der Waals surface area contributed by atoms with Crippen LogP contribution >= 0.6 is 0 Å². The van der Waals surface area contributed by atoms with Crippen LogP contribution in [0.3, 0.4) is 0 Å². The van der Waals surface area contributed by atoms with Gasteiger partial charge in [-0.3, -0.25) is 9.79 Å². The average molecular weight is 379 g/mol. The second kappa shape index (κ2) is 9.29. The van der Waals surface area contributed by atoms with Crippen LogP contribution in [0, 0.1) is 0 Å². The number of alkyl carbamates (subject to hydrolysis) is 1. The molecule has 9 nitrogen and oxygen atoms in total. The lowest BCUT2D eigenvalue weighted by atomic mass is 10.2. The number of rotatable bonds is 5. The average Bonchev–Trinajstić information content (AvgIpc) is 3.23. The number of carbonyl (C=O) groups is 2. The van der Waals surface area contributed by atoms with Crippen LogP contribution < -0.4 is 16.0 Å². The fourth-order valence-corrected chi connectivity index (χ4v) is 2.70. The predicted molar refractivity (Wildman–Crippen MR) is 101 cm³/mol. The van der Waals surface area contributed by atoms with Crippen LogP contribution in [-0.4, -0.2) is 61.2 Å². The highest BCUT2D eigenvalue weighted by Crippen LogP contribution is 2.12. The van der Waals surface area contributed by atoms with Crippen molar-refractivity contribution >= 4 is 18.0 Å². The smallest absolute Gasteiger partial charge is 0.407 e. The first kappa shape index (κ1) is 20.6. The van der Waals surface area contributed by atoms with Gasteiger partial charge in [-0.2, -0.15) is 0 Å². The topological polar surface area (TPSA) is 108 Å².